The molecule has 2 N–H and O–H groups in total. The summed E-state index contributed by atoms with van der Waals surface area (Å²) in [5.41, 5.74) is 7.30. The summed E-state index contributed by atoms with van der Waals surface area (Å²) in [6, 6.07) is 6.96. The van der Waals surface area contributed by atoms with Gasteiger partial charge in [-0.25, -0.2) is 0 Å². The molecule has 0 saturated carbocycles. The number of aryl methyl sites for hydroxylation is 3. The van der Waals surface area contributed by atoms with Crippen LogP contribution in [0.5, 0.6) is 0 Å². The zero-order chi connectivity index (χ0) is 16.3. The lowest BCUT2D eigenvalue weighted by atomic mass is 10.0. The zero-order valence-electron chi connectivity index (χ0n) is 14.3. The first-order chi connectivity index (χ1) is 10.4. The van der Waals surface area contributed by atoms with Gasteiger partial charge in [0.2, 0.25) is 0 Å². The van der Waals surface area contributed by atoms with Crippen LogP contribution in [0.1, 0.15) is 46.6 Å². The Balaban J connectivity index is 2.09. The molecule has 0 aliphatic heterocycles. The van der Waals surface area contributed by atoms with Gasteiger partial charge < -0.3 is 10.4 Å². The topological polar surface area (TPSA) is 50.1 Å². The summed E-state index contributed by atoms with van der Waals surface area (Å²) in [5, 5.41) is 17.2. The summed E-state index contributed by atoms with van der Waals surface area (Å²) in [6.45, 7) is 12.0. The second-order valence-electron chi connectivity index (χ2n) is 6.12. The Labute approximate surface area is 133 Å². The van der Waals surface area contributed by atoms with Crippen molar-refractivity contribution in [3.63, 3.8) is 0 Å². The van der Waals surface area contributed by atoms with Crippen LogP contribution in [0.15, 0.2) is 18.2 Å². The van der Waals surface area contributed by atoms with Gasteiger partial charge in [-0.3, -0.25) is 4.68 Å². The maximum Gasteiger partial charge on any atom is 0.0644 e. The van der Waals surface area contributed by atoms with Gasteiger partial charge in [0.1, 0.15) is 0 Å². The molecule has 2 aromatic rings. The molecule has 0 aliphatic rings. The number of rotatable bonds is 6. The third-order valence-corrected chi connectivity index (χ3v) is 4.17. The number of benzene rings is 1. The molecule has 1 atom stereocenters. The van der Waals surface area contributed by atoms with Crippen LogP contribution >= 0.6 is 0 Å². The van der Waals surface area contributed by atoms with Crippen molar-refractivity contribution < 1.29 is 5.11 Å². The van der Waals surface area contributed by atoms with Crippen LogP contribution in [0, 0.1) is 27.7 Å². The third kappa shape index (κ3) is 3.76. The number of nitrogens with one attached hydrogen (secondary N) is 1. The highest BCUT2D eigenvalue weighted by atomic mass is 16.3. The van der Waals surface area contributed by atoms with Gasteiger partial charge in [-0.15, -0.1) is 0 Å². The number of nitrogens with zero attached hydrogens (tertiary/aromatic N) is 2. The molecule has 1 unspecified atom stereocenters. The van der Waals surface area contributed by atoms with Gasteiger partial charge in [-0.05, 0) is 40.2 Å². The molecule has 22 heavy (non-hydrogen) atoms. The minimum atomic E-state index is 0.119. The second-order valence-corrected chi connectivity index (χ2v) is 6.12. The highest BCUT2D eigenvalue weighted by Gasteiger charge is 2.13. The molecule has 0 bridgehead atoms. The smallest absolute Gasteiger partial charge is 0.0644 e. The molecule has 0 radical (unpaired) electrons. The fourth-order valence-electron chi connectivity index (χ4n) is 2.94. The molecule has 1 heterocycles. The van der Waals surface area contributed by atoms with Gasteiger partial charge in [0.15, 0.2) is 0 Å². The first-order valence-electron chi connectivity index (χ1n) is 7.87. The molecule has 0 amide bonds. The van der Waals surface area contributed by atoms with E-state index in [1.54, 1.807) is 0 Å². The molecule has 1 aromatic heterocycles. The van der Waals surface area contributed by atoms with Gasteiger partial charge in [0.25, 0.3) is 0 Å². The summed E-state index contributed by atoms with van der Waals surface area (Å²) < 4.78 is 1.88. The van der Waals surface area contributed by atoms with Crippen molar-refractivity contribution in [1.29, 1.82) is 0 Å². The number of hydrogen-bond acceptors (Lipinski definition) is 3. The number of aromatic nitrogens is 2. The first kappa shape index (κ1) is 16.7. The van der Waals surface area contributed by atoms with E-state index in [0.717, 1.165) is 17.9 Å². The lowest BCUT2D eigenvalue weighted by Crippen LogP contribution is -2.19. The van der Waals surface area contributed by atoms with Crippen molar-refractivity contribution in [3.8, 4) is 0 Å². The predicted molar refractivity (Wildman–Crippen MR) is 90.0 cm³/mol. The molecule has 0 spiro atoms. The Bertz CT molecular complexity index is 626. The molecular formula is C18H27N3O. The van der Waals surface area contributed by atoms with Crippen LogP contribution in [0.25, 0.3) is 0 Å². The maximum atomic E-state index is 9.09. The van der Waals surface area contributed by atoms with E-state index in [4.69, 9.17) is 5.11 Å². The number of hydrogen-bond donors (Lipinski definition) is 2. The molecule has 0 saturated heterocycles. The molecule has 1 aromatic carbocycles. The van der Waals surface area contributed by atoms with Crippen molar-refractivity contribution in [2.75, 3.05) is 6.61 Å². The van der Waals surface area contributed by atoms with Crippen LogP contribution in [0.2, 0.25) is 0 Å². The SMILES string of the molecule is Cc1cc(C)cc(C(C)NCc2c(C)nn(CCO)c2C)c1. The molecule has 4 nitrogen and oxygen atoms in total. The largest absolute Gasteiger partial charge is 0.394 e. The van der Waals surface area contributed by atoms with E-state index in [2.05, 4.69) is 56.3 Å². The quantitative estimate of drug-likeness (QED) is 0.862. The Morgan fingerprint density at radius 3 is 2.36 bits per heavy atom. The van der Waals surface area contributed by atoms with Crippen LogP contribution in [0.4, 0.5) is 0 Å². The first-order valence-corrected chi connectivity index (χ1v) is 7.87. The van der Waals surface area contributed by atoms with E-state index in [-0.39, 0.29) is 6.61 Å². The van der Waals surface area contributed by atoms with Crippen LogP contribution < -0.4 is 5.32 Å². The minimum absolute atomic E-state index is 0.119. The maximum absolute atomic E-state index is 9.09. The Morgan fingerprint density at radius 1 is 1.14 bits per heavy atom. The highest BCUT2D eigenvalue weighted by molar-refractivity contribution is 5.31. The van der Waals surface area contributed by atoms with Gasteiger partial charge in [0, 0.05) is 23.8 Å². The predicted octanol–water partition coefficient (Wildman–Crippen LogP) is 2.96. The fraction of sp³-hybridized carbons (Fsp3) is 0.500. The number of aliphatic hydroxyl groups is 1. The molecule has 0 fully saturated rings. The van der Waals surface area contributed by atoms with Crippen LogP contribution in [0.3, 0.4) is 0 Å². The van der Waals surface area contributed by atoms with E-state index in [0.29, 0.717) is 12.6 Å². The van der Waals surface area contributed by atoms with E-state index in [9.17, 15) is 0 Å². The van der Waals surface area contributed by atoms with E-state index < -0.39 is 0 Å². The summed E-state index contributed by atoms with van der Waals surface area (Å²) in [6.07, 6.45) is 0. The average molecular weight is 301 g/mol. The minimum Gasteiger partial charge on any atom is -0.394 e. The van der Waals surface area contributed by atoms with Crippen molar-refractivity contribution in [2.45, 2.75) is 53.8 Å². The molecule has 120 valence electrons. The van der Waals surface area contributed by atoms with E-state index >= 15 is 0 Å². The fourth-order valence-corrected chi connectivity index (χ4v) is 2.94. The lowest BCUT2D eigenvalue weighted by molar-refractivity contribution is 0.267. The summed E-state index contributed by atoms with van der Waals surface area (Å²) in [4.78, 5) is 0. The standard InChI is InChI=1S/C18H27N3O/c1-12-8-13(2)10-17(9-12)14(3)19-11-18-15(4)20-21(6-7-22)16(18)5/h8-10,14,19,22H,6-7,11H2,1-5H3. The van der Waals surface area contributed by atoms with Crippen molar-refractivity contribution >= 4 is 0 Å². The van der Waals surface area contributed by atoms with Crippen molar-refractivity contribution in [2.24, 2.45) is 0 Å². The molecule has 0 aliphatic carbocycles. The summed E-state index contributed by atoms with van der Waals surface area (Å²) in [7, 11) is 0. The number of aliphatic hydroxyl groups excluding tert-OH is 1. The zero-order valence-corrected chi connectivity index (χ0v) is 14.3. The summed E-state index contributed by atoms with van der Waals surface area (Å²) >= 11 is 0. The van der Waals surface area contributed by atoms with E-state index in [1.165, 1.54) is 22.3 Å². The molecule has 4 heteroatoms. The normalized spacial score (nSPS) is 12.6. The lowest BCUT2D eigenvalue weighted by Gasteiger charge is -2.16. The van der Waals surface area contributed by atoms with Crippen molar-refractivity contribution in [3.05, 3.63) is 51.8 Å². The Hall–Kier alpha value is -1.65. The van der Waals surface area contributed by atoms with Gasteiger partial charge in [-0.1, -0.05) is 29.3 Å². The highest BCUT2D eigenvalue weighted by Crippen LogP contribution is 2.19. The van der Waals surface area contributed by atoms with Gasteiger partial charge in [0.05, 0.1) is 18.8 Å². The Morgan fingerprint density at radius 2 is 1.77 bits per heavy atom. The Kier molecular flexibility index (Phi) is 5.37. The molecule has 2 rings (SSSR count). The van der Waals surface area contributed by atoms with Gasteiger partial charge >= 0.3 is 0 Å². The molecular weight excluding hydrogens is 274 g/mol. The monoisotopic (exact) mass is 301 g/mol. The van der Waals surface area contributed by atoms with Crippen molar-refractivity contribution in [1.82, 2.24) is 15.1 Å². The van der Waals surface area contributed by atoms with E-state index in [1.807, 2.05) is 11.6 Å². The third-order valence-electron chi connectivity index (χ3n) is 4.17. The van der Waals surface area contributed by atoms with Crippen LogP contribution in [-0.4, -0.2) is 21.5 Å². The average Bonchev–Trinajstić information content (AvgIpc) is 2.70. The van der Waals surface area contributed by atoms with Crippen LogP contribution in [-0.2, 0) is 13.1 Å². The second kappa shape index (κ2) is 7.07. The van der Waals surface area contributed by atoms with Gasteiger partial charge in [-0.2, -0.15) is 5.10 Å². The summed E-state index contributed by atoms with van der Waals surface area (Å²) in [5.74, 6) is 0.